The first-order valence-electron chi connectivity index (χ1n) is 10.7. The van der Waals surface area contributed by atoms with Gasteiger partial charge in [-0.15, -0.1) is 0 Å². The topological polar surface area (TPSA) is 54.9 Å². The van der Waals surface area contributed by atoms with Crippen LogP contribution in [0.5, 0.6) is 0 Å². The maximum absolute atomic E-state index is 13.7. The third-order valence-corrected chi connectivity index (χ3v) is 6.55. The number of hydrogen-bond acceptors (Lipinski definition) is 4. The van der Waals surface area contributed by atoms with E-state index in [2.05, 4.69) is 28.2 Å². The van der Waals surface area contributed by atoms with Crippen molar-refractivity contribution in [1.29, 1.82) is 0 Å². The fourth-order valence-corrected chi connectivity index (χ4v) is 4.85. The van der Waals surface area contributed by atoms with Crippen molar-refractivity contribution >= 4 is 44.0 Å². The van der Waals surface area contributed by atoms with Crippen LogP contribution in [0.1, 0.15) is 21.5 Å². The van der Waals surface area contributed by atoms with E-state index in [1.807, 2.05) is 84.9 Å². The first-order valence-corrected chi connectivity index (χ1v) is 11.5. The van der Waals surface area contributed by atoms with Gasteiger partial charge in [0.2, 0.25) is 0 Å². The van der Waals surface area contributed by atoms with Crippen LogP contribution in [0.2, 0.25) is 0 Å². The molecular formula is C28H18BrN3O. The van der Waals surface area contributed by atoms with Gasteiger partial charge in [-0.3, -0.25) is 4.79 Å². The summed E-state index contributed by atoms with van der Waals surface area (Å²) in [5.74, 6) is 0.606. The molecular weight excluding hydrogens is 474 g/mol. The highest BCUT2D eigenvalue weighted by Gasteiger charge is 2.31. The minimum absolute atomic E-state index is 0.0266. The van der Waals surface area contributed by atoms with Gasteiger partial charge in [-0.25, -0.2) is 9.97 Å². The summed E-state index contributed by atoms with van der Waals surface area (Å²) in [4.78, 5) is 23.6. The monoisotopic (exact) mass is 491 g/mol. The molecule has 0 atom stereocenters. The second-order valence-corrected chi connectivity index (χ2v) is 8.99. The largest absolute Gasteiger partial charge is 0.355 e. The van der Waals surface area contributed by atoms with E-state index >= 15 is 0 Å². The van der Waals surface area contributed by atoms with E-state index < -0.39 is 0 Å². The van der Waals surface area contributed by atoms with Crippen LogP contribution >= 0.6 is 15.9 Å². The van der Waals surface area contributed by atoms with Gasteiger partial charge in [-0.1, -0.05) is 72.3 Å². The molecule has 0 amide bonds. The predicted molar refractivity (Wildman–Crippen MR) is 136 cm³/mol. The van der Waals surface area contributed by atoms with Crippen molar-refractivity contribution in [2.24, 2.45) is 0 Å². The molecule has 4 aromatic carbocycles. The number of aryl methyl sites for hydroxylation is 1. The molecule has 1 N–H and O–H groups in total. The molecule has 1 heterocycles. The highest BCUT2D eigenvalue weighted by molar-refractivity contribution is 9.10. The molecule has 5 heteroatoms. The molecule has 0 fully saturated rings. The van der Waals surface area contributed by atoms with Crippen molar-refractivity contribution < 1.29 is 4.79 Å². The molecule has 0 aliphatic heterocycles. The molecule has 1 aliphatic carbocycles. The van der Waals surface area contributed by atoms with Crippen LogP contribution in [0.15, 0.2) is 89.4 Å². The van der Waals surface area contributed by atoms with Crippen molar-refractivity contribution in [3.05, 3.63) is 106 Å². The maximum atomic E-state index is 13.7. The van der Waals surface area contributed by atoms with Gasteiger partial charge >= 0.3 is 0 Å². The highest BCUT2D eigenvalue weighted by atomic mass is 79.9. The van der Waals surface area contributed by atoms with Gasteiger partial charge in [0.05, 0.1) is 22.5 Å². The first kappa shape index (κ1) is 19.8. The second kappa shape index (κ2) is 7.64. The SMILES string of the molecule is Cc1ccc(Nc2cc(Br)c3nc(-c4ccccc4)nc4c3c2C(=O)c2ccccc2-4)cc1. The molecule has 33 heavy (non-hydrogen) atoms. The Labute approximate surface area is 199 Å². The van der Waals surface area contributed by atoms with Crippen LogP contribution in [0, 0.1) is 6.92 Å². The number of fused-ring (bicyclic) bond motifs is 2. The highest BCUT2D eigenvalue weighted by Crippen LogP contribution is 2.44. The number of benzene rings is 4. The normalized spacial score (nSPS) is 12.0. The summed E-state index contributed by atoms with van der Waals surface area (Å²) in [7, 11) is 0. The lowest BCUT2D eigenvalue weighted by Gasteiger charge is -2.23. The lowest BCUT2D eigenvalue weighted by Crippen LogP contribution is -2.14. The van der Waals surface area contributed by atoms with Crippen LogP contribution in [0.3, 0.4) is 0 Å². The molecule has 1 aliphatic rings. The van der Waals surface area contributed by atoms with Gasteiger partial charge in [-0.05, 0) is 41.1 Å². The van der Waals surface area contributed by atoms with Crippen LogP contribution in [0.4, 0.5) is 11.4 Å². The Morgan fingerprint density at radius 1 is 0.818 bits per heavy atom. The second-order valence-electron chi connectivity index (χ2n) is 8.13. The number of halogens is 1. The summed E-state index contributed by atoms with van der Waals surface area (Å²) in [5, 5.41) is 4.21. The van der Waals surface area contributed by atoms with Crippen molar-refractivity contribution in [3.63, 3.8) is 0 Å². The minimum atomic E-state index is -0.0266. The molecule has 0 bridgehead atoms. The van der Waals surface area contributed by atoms with E-state index in [1.165, 1.54) is 5.56 Å². The Bertz CT molecular complexity index is 1560. The van der Waals surface area contributed by atoms with E-state index in [1.54, 1.807) is 0 Å². The summed E-state index contributed by atoms with van der Waals surface area (Å²) in [5.41, 5.74) is 7.34. The number of nitrogens with one attached hydrogen (secondary N) is 1. The van der Waals surface area contributed by atoms with E-state index in [0.717, 1.165) is 43.6 Å². The average molecular weight is 492 g/mol. The Morgan fingerprint density at radius 2 is 1.52 bits per heavy atom. The van der Waals surface area contributed by atoms with Gasteiger partial charge in [0, 0.05) is 32.2 Å². The van der Waals surface area contributed by atoms with Crippen LogP contribution in [-0.4, -0.2) is 15.8 Å². The molecule has 0 spiro atoms. The number of carbonyl (C=O) groups excluding carboxylic acids is 1. The van der Waals surface area contributed by atoms with Gasteiger partial charge in [0.15, 0.2) is 11.6 Å². The molecule has 5 aromatic rings. The fourth-order valence-electron chi connectivity index (χ4n) is 4.33. The van der Waals surface area contributed by atoms with Gasteiger partial charge < -0.3 is 5.32 Å². The fraction of sp³-hybridized carbons (Fsp3) is 0.0357. The first-order chi connectivity index (χ1) is 16.1. The number of ketones is 1. The zero-order chi connectivity index (χ0) is 22.5. The van der Waals surface area contributed by atoms with Gasteiger partial charge in [0.1, 0.15) is 0 Å². The molecule has 0 saturated heterocycles. The van der Waals surface area contributed by atoms with Crippen molar-refractivity contribution in [2.45, 2.75) is 6.92 Å². The standard InChI is InChI=1S/C28H18BrN3O/c1-16-11-13-18(14-12-16)30-22-15-21(29)26-24-23(22)27(33)20-10-6-5-9-19(20)25(24)31-28(32-26)17-7-3-2-4-8-17/h2-15,30H,1H3. The lowest BCUT2D eigenvalue weighted by atomic mass is 9.85. The maximum Gasteiger partial charge on any atom is 0.196 e. The van der Waals surface area contributed by atoms with Crippen LogP contribution < -0.4 is 5.32 Å². The van der Waals surface area contributed by atoms with E-state index in [4.69, 9.17) is 9.97 Å². The van der Waals surface area contributed by atoms with Gasteiger partial charge in [0.25, 0.3) is 0 Å². The number of rotatable bonds is 3. The Morgan fingerprint density at radius 3 is 2.27 bits per heavy atom. The number of aromatic nitrogens is 2. The number of carbonyl (C=O) groups is 1. The smallest absolute Gasteiger partial charge is 0.196 e. The molecule has 4 nitrogen and oxygen atoms in total. The van der Waals surface area contributed by atoms with E-state index in [9.17, 15) is 4.79 Å². The Hall–Kier alpha value is -3.83. The van der Waals surface area contributed by atoms with Crippen LogP contribution in [-0.2, 0) is 0 Å². The molecule has 0 radical (unpaired) electrons. The van der Waals surface area contributed by atoms with Crippen molar-refractivity contribution in [1.82, 2.24) is 9.97 Å². The third-order valence-electron chi connectivity index (χ3n) is 5.94. The number of hydrogen-bond donors (Lipinski definition) is 1. The van der Waals surface area contributed by atoms with Crippen LogP contribution in [0.25, 0.3) is 33.5 Å². The Kier molecular flexibility index (Phi) is 4.59. The number of nitrogens with zero attached hydrogens (tertiary/aromatic N) is 2. The molecule has 158 valence electrons. The molecule has 0 unspecified atom stereocenters. The van der Waals surface area contributed by atoms with Crippen molar-refractivity contribution in [3.8, 4) is 22.6 Å². The average Bonchev–Trinajstić information content (AvgIpc) is 2.85. The Balaban J connectivity index is 1.67. The molecule has 0 saturated carbocycles. The third kappa shape index (κ3) is 3.24. The summed E-state index contributed by atoms with van der Waals surface area (Å²) < 4.78 is 0.809. The van der Waals surface area contributed by atoms with Crippen molar-refractivity contribution in [2.75, 3.05) is 5.32 Å². The number of anilines is 2. The summed E-state index contributed by atoms with van der Waals surface area (Å²) >= 11 is 3.72. The summed E-state index contributed by atoms with van der Waals surface area (Å²) in [6.07, 6.45) is 0. The zero-order valence-electron chi connectivity index (χ0n) is 17.8. The van der Waals surface area contributed by atoms with E-state index in [-0.39, 0.29) is 5.78 Å². The predicted octanol–water partition coefficient (Wildman–Crippen LogP) is 7.32. The minimum Gasteiger partial charge on any atom is -0.355 e. The zero-order valence-corrected chi connectivity index (χ0v) is 19.3. The molecule has 6 rings (SSSR count). The summed E-state index contributed by atoms with van der Waals surface area (Å²) in [6.45, 7) is 2.05. The lowest BCUT2D eigenvalue weighted by molar-refractivity contribution is 0.104. The molecule has 1 aromatic heterocycles. The quantitative estimate of drug-likeness (QED) is 0.281. The van der Waals surface area contributed by atoms with E-state index in [0.29, 0.717) is 17.0 Å². The summed E-state index contributed by atoms with van der Waals surface area (Å²) in [6, 6.07) is 27.6. The van der Waals surface area contributed by atoms with Gasteiger partial charge in [-0.2, -0.15) is 0 Å².